The van der Waals surface area contributed by atoms with Crippen molar-refractivity contribution >= 4 is 11.6 Å². The third-order valence-electron chi connectivity index (χ3n) is 3.74. The molecule has 0 bridgehead atoms. The highest BCUT2D eigenvalue weighted by atomic mass is 16.2. The summed E-state index contributed by atoms with van der Waals surface area (Å²) in [4.78, 5) is 13.9. The zero-order valence-electron chi connectivity index (χ0n) is 10.7. The van der Waals surface area contributed by atoms with Crippen LogP contribution in [0.1, 0.15) is 30.7 Å². The summed E-state index contributed by atoms with van der Waals surface area (Å²) < 4.78 is 1.70. The number of aryl methyl sites for hydroxylation is 1. The summed E-state index contributed by atoms with van der Waals surface area (Å²) in [6.07, 6.45) is 3.48. The molecule has 1 saturated carbocycles. The van der Waals surface area contributed by atoms with Crippen LogP contribution in [0, 0.1) is 13.8 Å². The van der Waals surface area contributed by atoms with E-state index < -0.39 is 0 Å². The van der Waals surface area contributed by atoms with Crippen molar-refractivity contribution in [3.05, 3.63) is 11.4 Å². The van der Waals surface area contributed by atoms with E-state index in [1.165, 1.54) is 6.42 Å². The molecule has 0 aromatic carbocycles. The fourth-order valence-electron chi connectivity index (χ4n) is 2.08. The molecule has 0 aliphatic heterocycles. The van der Waals surface area contributed by atoms with E-state index in [0.717, 1.165) is 24.2 Å². The van der Waals surface area contributed by atoms with Gasteiger partial charge < -0.3 is 10.6 Å². The fraction of sp³-hybridized carbons (Fsp3) is 0.667. The first-order valence-electron chi connectivity index (χ1n) is 6.06. The Hall–Kier alpha value is -1.52. The van der Waals surface area contributed by atoms with Crippen LogP contribution in [-0.4, -0.2) is 33.7 Å². The van der Waals surface area contributed by atoms with Gasteiger partial charge in [-0.05, 0) is 33.1 Å². The Morgan fingerprint density at radius 1 is 1.53 bits per heavy atom. The number of carbonyl (C=O) groups is 1. The summed E-state index contributed by atoms with van der Waals surface area (Å²) in [5.74, 6) is 0.111. The SMILES string of the molecule is Cc1nn(CC(=O)N(C)C2CCC2)c(C)c1N. The Kier molecular flexibility index (Phi) is 3.09. The average Bonchev–Trinajstić information content (AvgIpc) is 2.44. The summed E-state index contributed by atoms with van der Waals surface area (Å²) in [6, 6.07) is 0.428. The van der Waals surface area contributed by atoms with Crippen molar-refractivity contribution in [3.8, 4) is 0 Å². The second-order valence-electron chi connectivity index (χ2n) is 4.83. The Morgan fingerprint density at radius 3 is 2.59 bits per heavy atom. The van der Waals surface area contributed by atoms with Crippen LogP contribution in [0.4, 0.5) is 5.69 Å². The molecule has 1 aliphatic rings. The maximum Gasteiger partial charge on any atom is 0.244 e. The molecule has 94 valence electrons. The molecule has 5 heteroatoms. The summed E-state index contributed by atoms with van der Waals surface area (Å²) >= 11 is 0. The highest BCUT2D eigenvalue weighted by molar-refractivity contribution is 5.76. The average molecular weight is 236 g/mol. The van der Waals surface area contributed by atoms with Gasteiger partial charge in [-0.3, -0.25) is 9.48 Å². The van der Waals surface area contributed by atoms with Crippen molar-refractivity contribution < 1.29 is 4.79 Å². The number of hydrogen-bond acceptors (Lipinski definition) is 3. The highest BCUT2D eigenvalue weighted by Gasteiger charge is 2.26. The van der Waals surface area contributed by atoms with Crippen LogP contribution in [-0.2, 0) is 11.3 Å². The van der Waals surface area contributed by atoms with E-state index in [-0.39, 0.29) is 12.5 Å². The fourth-order valence-corrected chi connectivity index (χ4v) is 2.08. The van der Waals surface area contributed by atoms with Crippen molar-refractivity contribution in [1.82, 2.24) is 14.7 Å². The number of nitrogen functional groups attached to an aromatic ring is 1. The smallest absolute Gasteiger partial charge is 0.244 e. The molecule has 1 heterocycles. The van der Waals surface area contributed by atoms with Gasteiger partial charge in [-0.25, -0.2) is 0 Å². The summed E-state index contributed by atoms with van der Waals surface area (Å²) in [7, 11) is 1.88. The van der Waals surface area contributed by atoms with Gasteiger partial charge in [0.15, 0.2) is 0 Å². The van der Waals surface area contributed by atoms with Crippen LogP contribution in [0.2, 0.25) is 0 Å². The molecule has 1 aromatic rings. The lowest BCUT2D eigenvalue weighted by atomic mass is 9.92. The molecule has 1 amide bonds. The number of hydrogen-bond donors (Lipinski definition) is 1. The Balaban J connectivity index is 2.04. The van der Waals surface area contributed by atoms with Crippen LogP contribution in [0.15, 0.2) is 0 Å². The van der Waals surface area contributed by atoms with Crippen LogP contribution in [0.3, 0.4) is 0 Å². The van der Waals surface area contributed by atoms with Gasteiger partial charge in [0.25, 0.3) is 0 Å². The molecule has 2 N–H and O–H groups in total. The summed E-state index contributed by atoms with van der Waals surface area (Å²) in [5.41, 5.74) is 8.19. The van der Waals surface area contributed by atoms with Gasteiger partial charge in [-0.2, -0.15) is 5.10 Å². The van der Waals surface area contributed by atoms with Crippen molar-refractivity contribution in [3.63, 3.8) is 0 Å². The van der Waals surface area contributed by atoms with Crippen molar-refractivity contribution in [2.75, 3.05) is 12.8 Å². The normalized spacial score (nSPS) is 15.7. The van der Waals surface area contributed by atoms with Crippen molar-refractivity contribution in [1.29, 1.82) is 0 Å². The Morgan fingerprint density at radius 2 is 2.18 bits per heavy atom. The van der Waals surface area contributed by atoms with Gasteiger partial charge in [-0.15, -0.1) is 0 Å². The molecule has 17 heavy (non-hydrogen) atoms. The first-order chi connectivity index (χ1) is 8.00. The maximum absolute atomic E-state index is 12.0. The van der Waals surface area contributed by atoms with E-state index >= 15 is 0 Å². The predicted octanol–water partition coefficient (Wildman–Crippen LogP) is 1.09. The number of rotatable bonds is 3. The van der Waals surface area contributed by atoms with Crippen LogP contribution in [0.25, 0.3) is 0 Å². The summed E-state index contributed by atoms with van der Waals surface area (Å²) in [6.45, 7) is 4.04. The monoisotopic (exact) mass is 236 g/mol. The van der Waals surface area contributed by atoms with Gasteiger partial charge in [0, 0.05) is 13.1 Å². The molecule has 0 atom stereocenters. The third kappa shape index (κ3) is 2.14. The molecule has 1 aromatic heterocycles. The molecule has 0 radical (unpaired) electrons. The first-order valence-corrected chi connectivity index (χ1v) is 6.06. The van der Waals surface area contributed by atoms with Crippen molar-refractivity contribution in [2.24, 2.45) is 0 Å². The van der Waals surface area contributed by atoms with Crippen LogP contribution >= 0.6 is 0 Å². The summed E-state index contributed by atoms with van der Waals surface area (Å²) in [5, 5.41) is 4.28. The van der Waals surface area contributed by atoms with E-state index in [0.29, 0.717) is 11.7 Å². The minimum absolute atomic E-state index is 0.111. The second kappa shape index (κ2) is 4.39. The topological polar surface area (TPSA) is 64.2 Å². The molecule has 0 unspecified atom stereocenters. The van der Waals surface area contributed by atoms with Gasteiger partial charge >= 0.3 is 0 Å². The lowest BCUT2D eigenvalue weighted by molar-refractivity contribution is -0.134. The van der Waals surface area contributed by atoms with Gasteiger partial charge in [0.2, 0.25) is 5.91 Å². The molecule has 0 spiro atoms. The van der Waals surface area contributed by atoms with E-state index in [1.54, 1.807) is 4.68 Å². The molecular formula is C12H20N4O. The number of nitrogens with two attached hydrogens (primary N) is 1. The van der Waals surface area contributed by atoms with E-state index in [9.17, 15) is 4.79 Å². The zero-order valence-corrected chi connectivity index (χ0v) is 10.7. The molecule has 5 nitrogen and oxygen atoms in total. The zero-order chi connectivity index (χ0) is 12.6. The first kappa shape index (κ1) is 12.0. The number of aromatic nitrogens is 2. The standard InChI is InChI=1S/C12H20N4O/c1-8-12(13)9(2)16(14-8)7-11(17)15(3)10-5-4-6-10/h10H,4-7,13H2,1-3H3. The lowest BCUT2D eigenvalue weighted by Gasteiger charge is -2.34. The van der Waals surface area contributed by atoms with Crippen LogP contribution < -0.4 is 5.73 Å². The Bertz CT molecular complexity index is 434. The van der Waals surface area contributed by atoms with Gasteiger partial charge in [0.05, 0.1) is 17.1 Å². The molecule has 1 fully saturated rings. The number of nitrogens with zero attached hydrogens (tertiary/aromatic N) is 3. The lowest BCUT2D eigenvalue weighted by Crippen LogP contribution is -2.43. The van der Waals surface area contributed by atoms with E-state index in [1.807, 2.05) is 25.8 Å². The van der Waals surface area contributed by atoms with Crippen molar-refractivity contribution in [2.45, 2.75) is 45.7 Å². The number of likely N-dealkylation sites (N-methyl/N-ethyl adjacent to an activating group) is 1. The number of anilines is 1. The molecule has 1 aliphatic carbocycles. The molecular weight excluding hydrogens is 216 g/mol. The van der Waals surface area contributed by atoms with Gasteiger partial charge in [0.1, 0.15) is 6.54 Å². The van der Waals surface area contributed by atoms with Crippen LogP contribution in [0.5, 0.6) is 0 Å². The largest absolute Gasteiger partial charge is 0.396 e. The molecule has 2 rings (SSSR count). The van der Waals surface area contributed by atoms with E-state index in [2.05, 4.69) is 5.10 Å². The number of carbonyl (C=O) groups excluding carboxylic acids is 1. The Labute approximate surface area is 102 Å². The quantitative estimate of drug-likeness (QED) is 0.854. The predicted molar refractivity (Wildman–Crippen MR) is 66.5 cm³/mol. The minimum atomic E-state index is 0.111. The highest BCUT2D eigenvalue weighted by Crippen LogP contribution is 2.24. The second-order valence-corrected chi connectivity index (χ2v) is 4.83. The minimum Gasteiger partial charge on any atom is -0.396 e. The van der Waals surface area contributed by atoms with Gasteiger partial charge in [-0.1, -0.05) is 0 Å². The molecule has 0 saturated heterocycles. The number of amides is 1. The van der Waals surface area contributed by atoms with E-state index in [4.69, 9.17) is 5.73 Å². The third-order valence-corrected chi connectivity index (χ3v) is 3.74. The maximum atomic E-state index is 12.0.